The minimum atomic E-state index is -0.494. The van der Waals surface area contributed by atoms with Crippen LogP contribution < -0.4 is 10.5 Å². The lowest BCUT2D eigenvalue weighted by Crippen LogP contribution is -2.50. The van der Waals surface area contributed by atoms with Crippen LogP contribution in [0.25, 0.3) is 0 Å². The summed E-state index contributed by atoms with van der Waals surface area (Å²) >= 11 is 30.9. The van der Waals surface area contributed by atoms with Crippen LogP contribution in [0.5, 0.6) is 5.88 Å². The van der Waals surface area contributed by atoms with Gasteiger partial charge in [-0.25, -0.2) is 49.7 Å². The highest BCUT2D eigenvalue weighted by Gasteiger charge is 2.29. The number of aromatic amines is 1. The second-order valence-corrected chi connectivity index (χ2v) is 21.8. The van der Waals surface area contributed by atoms with Crippen LogP contribution in [0.1, 0.15) is 145 Å². The molecular formula is C49H54Br4Cl3N17O4. The molecule has 28 heteroatoms. The zero-order valence-electron chi connectivity index (χ0n) is 43.1. The Morgan fingerprint density at radius 1 is 0.584 bits per heavy atom. The highest BCUT2D eigenvalue weighted by atomic mass is 79.9. The predicted molar refractivity (Wildman–Crippen MR) is 304 cm³/mol. The van der Waals surface area contributed by atoms with E-state index in [1.165, 1.54) is 25.3 Å². The van der Waals surface area contributed by atoms with Crippen molar-refractivity contribution in [3.05, 3.63) is 104 Å². The molecule has 0 aliphatic carbocycles. The number of aromatic hydroxyl groups is 1. The lowest BCUT2D eigenvalue weighted by molar-refractivity contribution is 0.0240. The van der Waals surface area contributed by atoms with Crippen molar-refractivity contribution in [3.8, 4) is 36.2 Å². The molecule has 0 aromatic carbocycles. The van der Waals surface area contributed by atoms with Crippen molar-refractivity contribution in [3.63, 3.8) is 0 Å². The number of nitrogens with zero attached hydrogens (tertiary/aromatic N) is 16. The molecule has 0 spiro atoms. The third kappa shape index (κ3) is 21.9. The number of carbonyl (C=O) groups excluding carboxylic acids is 1. The first-order valence-corrected chi connectivity index (χ1v) is 27.5. The molecule has 0 saturated carbocycles. The number of ether oxygens (including phenoxy) is 1. The number of rotatable bonds is 11. The first-order valence-electron chi connectivity index (χ1n) is 23.2. The van der Waals surface area contributed by atoms with E-state index in [9.17, 15) is 14.7 Å². The highest BCUT2D eigenvalue weighted by molar-refractivity contribution is 9.11. The summed E-state index contributed by atoms with van der Waals surface area (Å²) in [5, 5.41) is 53.3. The maximum absolute atomic E-state index is 12.2. The number of anilines is 1. The van der Waals surface area contributed by atoms with E-state index >= 15 is 0 Å². The molecule has 5 aromatic heterocycles. The molecule has 5 atom stereocenters. The van der Waals surface area contributed by atoms with Gasteiger partial charge in [-0.2, -0.15) is 26.3 Å². The number of piperazine rings is 1. The second-order valence-electron chi connectivity index (χ2n) is 17.7. The van der Waals surface area contributed by atoms with Gasteiger partial charge >= 0.3 is 6.09 Å². The average molecular weight is 1370 g/mol. The zero-order chi connectivity index (χ0) is 58.0. The van der Waals surface area contributed by atoms with Crippen molar-refractivity contribution in [1.82, 2.24) is 54.7 Å². The molecule has 1 saturated heterocycles. The van der Waals surface area contributed by atoms with Crippen LogP contribution >= 0.6 is 98.5 Å². The first kappa shape index (κ1) is 67.4. The van der Waals surface area contributed by atoms with Gasteiger partial charge in [0.2, 0.25) is 5.88 Å². The smallest absolute Gasteiger partial charge is 0.410 e. The summed E-state index contributed by atoms with van der Waals surface area (Å²) in [7, 11) is 0. The Morgan fingerprint density at radius 3 is 1.36 bits per heavy atom. The summed E-state index contributed by atoms with van der Waals surface area (Å²) in [5.74, 6) is 0.399. The van der Waals surface area contributed by atoms with Crippen molar-refractivity contribution >= 4 is 110 Å². The third-order valence-corrected chi connectivity index (χ3v) is 14.2. The molecule has 6 heterocycles. The van der Waals surface area contributed by atoms with Crippen LogP contribution in [-0.4, -0.2) is 97.7 Å². The third-order valence-electron chi connectivity index (χ3n) is 10.7. The number of hydrogen-bond donors (Lipinski definition) is 2. The number of halogens is 7. The summed E-state index contributed by atoms with van der Waals surface area (Å²) in [6.07, 6.45) is 8.32. The predicted octanol–water partition coefficient (Wildman–Crippen LogP) is 12.5. The van der Waals surface area contributed by atoms with Gasteiger partial charge in [-0.1, -0.05) is 69.4 Å². The summed E-state index contributed by atoms with van der Waals surface area (Å²) in [5.41, 5.74) is 2.61. The molecule has 21 nitrogen and oxygen atoms in total. The van der Waals surface area contributed by atoms with E-state index < -0.39 is 11.2 Å². The normalized spacial score (nSPS) is 13.5. The number of aromatic nitrogens is 10. The molecule has 1 aliphatic heterocycles. The van der Waals surface area contributed by atoms with Gasteiger partial charge in [0.1, 0.15) is 70.6 Å². The summed E-state index contributed by atoms with van der Waals surface area (Å²) in [6.45, 7) is 17.5. The highest BCUT2D eigenvalue weighted by Crippen LogP contribution is 2.35. The first-order chi connectivity index (χ1) is 36.4. The fraction of sp³-hybridized carbons (Fsp3) is 0.469. The zero-order valence-corrected chi connectivity index (χ0v) is 51.7. The maximum Gasteiger partial charge on any atom is 0.410 e. The topological polar surface area (TPSA) is 321 Å². The van der Waals surface area contributed by atoms with Crippen molar-refractivity contribution in [2.45, 2.75) is 123 Å². The van der Waals surface area contributed by atoms with E-state index in [1.807, 2.05) is 60.6 Å². The fourth-order valence-electron chi connectivity index (χ4n) is 6.79. The number of amides is 1. The van der Waals surface area contributed by atoms with Crippen molar-refractivity contribution in [1.29, 1.82) is 26.3 Å². The molecular weight excluding hydrogens is 1320 g/mol. The quantitative estimate of drug-likeness (QED) is 0.116. The Kier molecular flexibility index (Phi) is 30.0. The number of nitrogens with one attached hydrogen (secondary N) is 1. The van der Waals surface area contributed by atoms with Gasteiger partial charge in [0.05, 0.1) is 42.2 Å². The largest absolute Gasteiger partial charge is 0.493 e. The molecule has 0 unspecified atom stereocenters. The van der Waals surface area contributed by atoms with Crippen LogP contribution in [0.3, 0.4) is 0 Å². The summed E-state index contributed by atoms with van der Waals surface area (Å²) in [6, 6.07) is 10.4. The molecule has 5 aromatic rings. The molecule has 1 amide bonds. The molecule has 408 valence electrons. The van der Waals surface area contributed by atoms with Gasteiger partial charge in [0, 0.05) is 98.3 Å². The summed E-state index contributed by atoms with van der Waals surface area (Å²) < 4.78 is 8.30. The van der Waals surface area contributed by atoms with Crippen molar-refractivity contribution < 1.29 is 14.6 Å². The van der Waals surface area contributed by atoms with E-state index in [-0.39, 0.29) is 53.5 Å². The molecule has 1 aliphatic rings. The van der Waals surface area contributed by atoms with Gasteiger partial charge in [0.15, 0.2) is 0 Å². The van der Waals surface area contributed by atoms with Gasteiger partial charge in [-0.05, 0) is 96.3 Å². The lowest BCUT2D eigenvalue weighted by Gasteiger charge is -2.37. The maximum atomic E-state index is 12.2. The fourth-order valence-corrected chi connectivity index (χ4v) is 10.8. The Morgan fingerprint density at radius 2 is 0.935 bits per heavy atom. The molecule has 77 heavy (non-hydrogen) atoms. The number of carbonyl (C=O) groups is 1. The van der Waals surface area contributed by atoms with Crippen molar-refractivity contribution in [2.75, 3.05) is 31.1 Å². The van der Waals surface area contributed by atoms with E-state index in [1.54, 1.807) is 11.8 Å². The SMILES string of the molecule is C[C@H](CC#N)c1c(Br)ncnc1Br.C[C@H](CC#N)c1c(Br)ncnc1N1CCN(C(=O)OC(C)(C)C)CC1.C[C@H](CC#N)c1c(Cl)ncnc1Br.C[C@H](CC#N)c1c(Cl)ncnc1Cl.C[C@H](CC#N)c1c(O)nc[nH]c1=O. The minimum Gasteiger partial charge on any atom is -0.493 e. The molecule has 6 rings (SSSR count). The van der Waals surface area contributed by atoms with Gasteiger partial charge < -0.3 is 24.6 Å². The van der Waals surface area contributed by atoms with Gasteiger partial charge in [-0.3, -0.25) is 4.79 Å². The van der Waals surface area contributed by atoms with Crippen LogP contribution in [0.15, 0.2) is 54.8 Å². The van der Waals surface area contributed by atoms with Crippen LogP contribution in [-0.2, 0) is 4.74 Å². The molecule has 0 radical (unpaired) electrons. The van der Waals surface area contributed by atoms with E-state index in [4.69, 9.17) is 65.8 Å². The monoisotopic (exact) mass is 1370 g/mol. The van der Waals surface area contributed by atoms with E-state index in [2.05, 4.69) is 137 Å². The molecule has 0 bridgehead atoms. The Hall–Kier alpha value is -5.69. The molecule has 2 N–H and O–H groups in total. The molecule has 1 fully saturated rings. The standard InChI is InChI=1S/C17H24BrN5O2.C8H7Br2N3.C8H7BrClN3.C8H7Cl2N3.C8H9N3O2/c1-12(5-6-19)13-14(18)20-11-21-15(13)22-7-9-23(10-8-22)16(24)25-17(2,3)4;3*1-5(2-3-11)6-7(9)12-4-13-8(6)10;1-5(2-3-9)6-7(12)10-4-11-8(6)13/h11-12H,5,7-10H2,1-4H3;3*4-5H,2H2,1H3;4-5H,2H2,1H3,(H2,10,11,12,13)/t12-;4*5-/m11111/s1. The minimum absolute atomic E-state index is 0.0273. The van der Waals surface area contributed by atoms with E-state index in [0.29, 0.717) is 77.5 Å². The van der Waals surface area contributed by atoms with Crippen LogP contribution in [0.2, 0.25) is 15.5 Å². The number of nitriles is 5. The van der Waals surface area contributed by atoms with E-state index in [0.717, 1.165) is 42.6 Å². The van der Waals surface area contributed by atoms with Gasteiger partial charge in [0.25, 0.3) is 5.56 Å². The number of H-pyrrole nitrogens is 1. The van der Waals surface area contributed by atoms with Crippen LogP contribution in [0, 0.1) is 56.7 Å². The Bertz CT molecular complexity index is 2800. The number of hydrogen-bond acceptors (Lipinski definition) is 19. The summed E-state index contributed by atoms with van der Waals surface area (Å²) in [4.78, 5) is 65.2. The van der Waals surface area contributed by atoms with Crippen molar-refractivity contribution in [2.24, 2.45) is 0 Å². The second kappa shape index (κ2) is 34.2. The van der Waals surface area contributed by atoms with Crippen LogP contribution in [0.4, 0.5) is 10.6 Å². The Balaban J connectivity index is 0.000000341. The van der Waals surface area contributed by atoms with Gasteiger partial charge in [-0.15, -0.1) is 0 Å². The average Bonchev–Trinajstić information content (AvgIpc) is 3.34. The lowest BCUT2D eigenvalue weighted by atomic mass is 10.00. The Labute approximate surface area is 496 Å².